The highest BCUT2D eigenvalue weighted by Crippen LogP contribution is 2.06. The van der Waals surface area contributed by atoms with Crippen LogP contribution in [0.25, 0.3) is 0 Å². The molecule has 0 rings (SSSR count). The molecule has 0 aliphatic carbocycles. The monoisotopic (exact) mass is 321 g/mol. The third-order valence-electron chi connectivity index (χ3n) is 2.31. The van der Waals surface area contributed by atoms with Gasteiger partial charge in [-0.2, -0.15) is 0 Å². The number of aliphatic carboxylic acids is 1. The van der Waals surface area contributed by atoms with Gasteiger partial charge in [-0.3, -0.25) is 4.79 Å². The van der Waals surface area contributed by atoms with Crippen LogP contribution < -0.4 is 5.32 Å². The Balaban J connectivity index is 3.45. The van der Waals surface area contributed by atoms with Gasteiger partial charge in [0.2, 0.25) is 0 Å². The van der Waals surface area contributed by atoms with Gasteiger partial charge in [0.1, 0.15) is 5.60 Å². The highest BCUT2D eigenvalue weighted by Gasteiger charge is 2.16. The summed E-state index contributed by atoms with van der Waals surface area (Å²) in [4.78, 5) is 21.6. The Kier molecular flexibility index (Phi) is 10.5. The van der Waals surface area contributed by atoms with E-state index in [-0.39, 0.29) is 19.6 Å². The molecule has 1 amide bonds. The quantitative estimate of drug-likeness (QED) is 0.481. The number of carbonyl (C=O) groups is 2. The normalized spacial score (nSPS) is 12.7. The van der Waals surface area contributed by atoms with Gasteiger partial charge >= 0.3 is 12.1 Å². The molecular weight excluding hydrogens is 294 g/mol. The SMILES string of the molecule is CC(C)(C)OC(=O)NCC(O)CCOCCOCCC(=O)O. The zero-order valence-electron chi connectivity index (χ0n) is 13.5. The average Bonchev–Trinajstić information content (AvgIpc) is 2.37. The van der Waals surface area contributed by atoms with E-state index >= 15 is 0 Å². The minimum absolute atomic E-state index is 0.0327. The first-order valence-corrected chi connectivity index (χ1v) is 7.23. The van der Waals surface area contributed by atoms with Crippen molar-refractivity contribution in [3.63, 3.8) is 0 Å². The molecule has 130 valence electrons. The van der Waals surface area contributed by atoms with Gasteiger partial charge in [-0.15, -0.1) is 0 Å². The number of nitrogens with one attached hydrogen (secondary N) is 1. The number of hydrogen-bond acceptors (Lipinski definition) is 6. The Hall–Kier alpha value is -1.38. The Labute approximate surface area is 130 Å². The van der Waals surface area contributed by atoms with Crippen molar-refractivity contribution in [3.05, 3.63) is 0 Å². The maximum Gasteiger partial charge on any atom is 0.407 e. The number of carbonyl (C=O) groups excluding carboxylic acids is 1. The van der Waals surface area contributed by atoms with Crippen molar-refractivity contribution < 1.29 is 34.0 Å². The number of aliphatic hydroxyl groups excluding tert-OH is 1. The molecule has 1 unspecified atom stereocenters. The number of hydrogen-bond donors (Lipinski definition) is 3. The summed E-state index contributed by atoms with van der Waals surface area (Å²) in [6, 6.07) is 0. The molecule has 8 heteroatoms. The highest BCUT2D eigenvalue weighted by atomic mass is 16.6. The van der Waals surface area contributed by atoms with E-state index in [1.807, 2.05) is 0 Å². The third kappa shape index (κ3) is 15.0. The van der Waals surface area contributed by atoms with Gasteiger partial charge in [-0.05, 0) is 27.2 Å². The molecule has 0 saturated heterocycles. The standard InChI is InChI=1S/C14H27NO7/c1-14(2,3)22-13(19)15-10-11(16)4-6-20-8-9-21-7-5-12(17)18/h11,16H,4-10H2,1-3H3,(H,15,19)(H,17,18). The van der Waals surface area contributed by atoms with Crippen molar-refractivity contribution >= 4 is 12.1 Å². The molecule has 0 aromatic carbocycles. The zero-order chi connectivity index (χ0) is 17.0. The van der Waals surface area contributed by atoms with Gasteiger partial charge < -0.3 is 29.7 Å². The highest BCUT2D eigenvalue weighted by molar-refractivity contribution is 5.67. The van der Waals surface area contributed by atoms with E-state index in [2.05, 4.69) is 5.32 Å². The molecule has 0 fully saturated rings. The van der Waals surface area contributed by atoms with Gasteiger partial charge in [0, 0.05) is 13.2 Å². The fourth-order valence-electron chi connectivity index (χ4n) is 1.32. The smallest absolute Gasteiger partial charge is 0.407 e. The Morgan fingerprint density at radius 2 is 1.68 bits per heavy atom. The van der Waals surface area contributed by atoms with E-state index in [9.17, 15) is 14.7 Å². The number of aliphatic hydroxyl groups is 1. The van der Waals surface area contributed by atoms with Crippen LogP contribution in [0.3, 0.4) is 0 Å². The summed E-state index contributed by atoms with van der Waals surface area (Å²) in [5.74, 6) is -0.901. The van der Waals surface area contributed by atoms with Crippen LogP contribution in [0, 0.1) is 0 Å². The van der Waals surface area contributed by atoms with E-state index in [1.54, 1.807) is 20.8 Å². The number of carboxylic acid groups (broad SMARTS) is 1. The number of alkyl carbamates (subject to hydrolysis) is 1. The van der Waals surface area contributed by atoms with E-state index in [0.717, 1.165) is 0 Å². The topological polar surface area (TPSA) is 114 Å². The van der Waals surface area contributed by atoms with Gasteiger partial charge in [0.15, 0.2) is 0 Å². The van der Waals surface area contributed by atoms with Crippen LogP contribution in [0.15, 0.2) is 0 Å². The van der Waals surface area contributed by atoms with Gasteiger partial charge in [0.05, 0.1) is 32.3 Å². The lowest BCUT2D eigenvalue weighted by molar-refractivity contribution is -0.138. The Bertz CT molecular complexity index is 328. The molecule has 22 heavy (non-hydrogen) atoms. The second-order valence-electron chi connectivity index (χ2n) is 5.69. The minimum Gasteiger partial charge on any atom is -0.481 e. The van der Waals surface area contributed by atoms with E-state index in [1.165, 1.54) is 0 Å². The summed E-state index contributed by atoms with van der Waals surface area (Å²) in [6.45, 7) is 6.47. The average molecular weight is 321 g/mol. The second kappa shape index (κ2) is 11.2. The molecule has 0 aliphatic heterocycles. The van der Waals surface area contributed by atoms with Crippen LogP contribution in [-0.4, -0.2) is 67.0 Å². The first kappa shape index (κ1) is 20.6. The molecule has 0 spiro atoms. The summed E-state index contributed by atoms with van der Waals surface area (Å²) in [7, 11) is 0. The summed E-state index contributed by atoms with van der Waals surface area (Å²) in [5.41, 5.74) is -0.571. The lowest BCUT2D eigenvalue weighted by atomic mass is 10.2. The maximum absolute atomic E-state index is 11.4. The molecule has 8 nitrogen and oxygen atoms in total. The van der Waals surface area contributed by atoms with Crippen LogP contribution in [-0.2, 0) is 19.0 Å². The van der Waals surface area contributed by atoms with Gasteiger partial charge in [0.25, 0.3) is 0 Å². The summed E-state index contributed by atoms with van der Waals surface area (Å²) >= 11 is 0. The number of carboxylic acids is 1. The Morgan fingerprint density at radius 3 is 2.23 bits per heavy atom. The van der Waals surface area contributed by atoms with Crippen molar-refractivity contribution in [2.75, 3.05) is 33.0 Å². The lowest BCUT2D eigenvalue weighted by Gasteiger charge is -2.20. The maximum atomic E-state index is 11.4. The number of amides is 1. The predicted octanol–water partition coefficient (Wildman–Crippen LogP) is 0.770. The van der Waals surface area contributed by atoms with Crippen molar-refractivity contribution in [2.45, 2.75) is 45.3 Å². The molecule has 0 aromatic rings. The summed E-state index contributed by atoms with van der Waals surface area (Å²) in [6.07, 6.45) is -0.959. The fraction of sp³-hybridized carbons (Fsp3) is 0.857. The van der Waals surface area contributed by atoms with Crippen LogP contribution in [0.4, 0.5) is 4.79 Å². The molecular formula is C14H27NO7. The molecule has 0 aromatic heterocycles. The molecule has 0 aliphatic rings. The molecule has 3 N–H and O–H groups in total. The Morgan fingerprint density at radius 1 is 1.09 bits per heavy atom. The zero-order valence-corrected chi connectivity index (χ0v) is 13.5. The molecule has 0 saturated carbocycles. The molecule has 0 heterocycles. The summed E-state index contributed by atoms with van der Waals surface area (Å²) in [5, 5.41) is 20.5. The van der Waals surface area contributed by atoms with E-state index < -0.39 is 23.8 Å². The largest absolute Gasteiger partial charge is 0.481 e. The molecule has 0 bridgehead atoms. The van der Waals surface area contributed by atoms with Crippen molar-refractivity contribution in [3.8, 4) is 0 Å². The number of ether oxygens (including phenoxy) is 3. The van der Waals surface area contributed by atoms with E-state index in [4.69, 9.17) is 19.3 Å². The van der Waals surface area contributed by atoms with Crippen LogP contribution in [0.5, 0.6) is 0 Å². The lowest BCUT2D eigenvalue weighted by Crippen LogP contribution is -2.37. The second-order valence-corrected chi connectivity index (χ2v) is 5.69. The number of rotatable bonds is 11. The van der Waals surface area contributed by atoms with E-state index in [0.29, 0.717) is 26.2 Å². The van der Waals surface area contributed by atoms with Crippen molar-refractivity contribution in [2.24, 2.45) is 0 Å². The molecule has 0 radical (unpaired) electrons. The first-order valence-electron chi connectivity index (χ1n) is 7.23. The van der Waals surface area contributed by atoms with Crippen molar-refractivity contribution in [1.82, 2.24) is 5.32 Å². The van der Waals surface area contributed by atoms with Gasteiger partial charge in [-0.1, -0.05) is 0 Å². The minimum atomic E-state index is -0.901. The van der Waals surface area contributed by atoms with Gasteiger partial charge in [-0.25, -0.2) is 4.79 Å². The summed E-state index contributed by atoms with van der Waals surface area (Å²) < 4.78 is 15.3. The van der Waals surface area contributed by atoms with Crippen LogP contribution in [0.1, 0.15) is 33.6 Å². The third-order valence-corrected chi connectivity index (χ3v) is 2.31. The van der Waals surface area contributed by atoms with Crippen LogP contribution >= 0.6 is 0 Å². The van der Waals surface area contributed by atoms with Crippen LogP contribution in [0.2, 0.25) is 0 Å². The molecule has 1 atom stereocenters. The first-order chi connectivity index (χ1) is 10.2. The predicted molar refractivity (Wildman–Crippen MR) is 78.8 cm³/mol. The fourth-order valence-corrected chi connectivity index (χ4v) is 1.32. The van der Waals surface area contributed by atoms with Crippen molar-refractivity contribution in [1.29, 1.82) is 0 Å².